The van der Waals surface area contributed by atoms with Gasteiger partial charge in [0.2, 0.25) is 0 Å². The van der Waals surface area contributed by atoms with Gasteiger partial charge in [-0.1, -0.05) is 25.7 Å². The lowest BCUT2D eigenvalue weighted by Gasteiger charge is -2.30. The van der Waals surface area contributed by atoms with Crippen LogP contribution in [0.2, 0.25) is 0 Å². The van der Waals surface area contributed by atoms with Crippen LogP contribution in [0.3, 0.4) is 0 Å². The van der Waals surface area contributed by atoms with Crippen LogP contribution in [0.5, 0.6) is 0 Å². The molecule has 1 fully saturated rings. The first-order chi connectivity index (χ1) is 7.41. The summed E-state index contributed by atoms with van der Waals surface area (Å²) in [6.07, 6.45) is 6.75. The lowest BCUT2D eigenvalue weighted by Crippen LogP contribution is -2.36. The van der Waals surface area contributed by atoms with E-state index in [-0.39, 0.29) is 6.54 Å². The minimum absolute atomic E-state index is 0.0336. The molecule has 0 amide bonds. The van der Waals surface area contributed by atoms with Crippen molar-refractivity contribution in [3.05, 3.63) is 12.1 Å². The van der Waals surface area contributed by atoms with Gasteiger partial charge in [0.1, 0.15) is 0 Å². The SMILES string of the molecule is C=C(CN(C)C1CCCCCC1)[B-](F)(F)F. The zero-order chi connectivity index (χ0) is 12.2. The van der Waals surface area contributed by atoms with Crippen molar-refractivity contribution in [1.29, 1.82) is 0 Å². The fourth-order valence-corrected chi connectivity index (χ4v) is 2.25. The molecule has 0 aliphatic heterocycles. The van der Waals surface area contributed by atoms with Crippen LogP contribution in [-0.4, -0.2) is 31.5 Å². The first-order valence-electron chi connectivity index (χ1n) is 5.99. The van der Waals surface area contributed by atoms with Crippen molar-refractivity contribution in [3.63, 3.8) is 0 Å². The summed E-state index contributed by atoms with van der Waals surface area (Å²) in [7, 11) is 1.78. The van der Waals surface area contributed by atoms with Gasteiger partial charge < -0.3 is 17.8 Å². The monoisotopic (exact) mass is 234 g/mol. The van der Waals surface area contributed by atoms with Gasteiger partial charge in [-0.3, -0.25) is 0 Å². The fraction of sp³-hybridized carbons (Fsp3) is 0.818. The van der Waals surface area contributed by atoms with Gasteiger partial charge in [-0.2, -0.15) is 0 Å². The van der Waals surface area contributed by atoms with Gasteiger partial charge >= 0.3 is 6.98 Å². The van der Waals surface area contributed by atoms with Crippen molar-refractivity contribution in [2.45, 2.75) is 44.6 Å². The number of nitrogens with zero attached hydrogens (tertiary/aromatic N) is 1. The molecular formula is C11H20BF3N-. The van der Waals surface area contributed by atoms with Crippen molar-refractivity contribution in [2.24, 2.45) is 0 Å². The number of likely N-dealkylation sites (N-methyl/N-ethyl adjacent to an activating group) is 1. The van der Waals surface area contributed by atoms with E-state index in [0.29, 0.717) is 6.04 Å². The Kier molecular flexibility index (Phi) is 4.90. The van der Waals surface area contributed by atoms with Crippen molar-refractivity contribution < 1.29 is 12.9 Å². The Morgan fingerprint density at radius 2 is 1.69 bits per heavy atom. The quantitative estimate of drug-likeness (QED) is 0.530. The second-order valence-electron chi connectivity index (χ2n) is 4.79. The highest BCUT2D eigenvalue weighted by Crippen LogP contribution is 2.24. The summed E-state index contributed by atoms with van der Waals surface area (Å²) in [6, 6.07) is 0.303. The van der Waals surface area contributed by atoms with E-state index in [1.165, 1.54) is 12.8 Å². The molecule has 0 bridgehead atoms. The van der Waals surface area contributed by atoms with Gasteiger partial charge in [0.25, 0.3) is 0 Å². The van der Waals surface area contributed by atoms with E-state index >= 15 is 0 Å². The predicted octanol–water partition coefficient (Wildman–Crippen LogP) is 3.58. The van der Waals surface area contributed by atoms with E-state index in [9.17, 15) is 12.9 Å². The summed E-state index contributed by atoms with van der Waals surface area (Å²) in [5.41, 5.74) is -0.577. The van der Waals surface area contributed by atoms with Crippen LogP contribution >= 0.6 is 0 Å². The van der Waals surface area contributed by atoms with E-state index in [1.807, 2.05) is 4.90 Å². The van der Waals surface area contributed by atoms with E-state index in [1.54, 1.807) is 7.05 Å². The standard InChI is InChI=1S/C11H20BF3N/c1-10(12(13,14)15)9-16(2)11-7-5-3-4-6-8-11/h11H,1,3-9H2,2H3/q-1. The van der Waals surface area contributed by atoms with E-state index in [4.69, 9.17) is 0 Å². The topological polar surface area (TPSA) is 3.24 Å². The third-order valence-electron chi connectivity index (χ3n) is 3.36. The molecular weight excluding hydrogens is 214 g/mol. The number of hydrogen-bond donors (Lipinski definition) is 0. The average Bonchev–Trinajstić information content (AvgIpc) is 2.43. The smallest absolute Gasteiger partial charge is 0.445 e. The van der Waals surface area contributed by atoms with E-state index in [0.717, 1.165) is 25.7 Å². The van der Waals surface area contributed by atoms with Gasteiger partial charge in [0.15, 0.2) is 0 Å². The summed E-state index contributed by atoms with van der Waals surface area (Å²) in [5.74, 6) is 0. The summed E-state index contributed by atoms with van der Waals surface area (Å²) >= 11 is 0. The molecule has 0 radical (unpaired) electrons. The normalized spacial score (nSPS) is 19.8. The molecule has 1 aliphatic rings. The molecule has 1 nitrogen and oxygen atoms in total. The highest BCUT2D eigenvalue weighted by molar-refractivity contribution is 6.66. The Bertz CT molecular complexity index is 232. The Balaban J connectivity index is 2.44. The second kappa shape index (κ2) is 5.76. The molecule has 0 atom stereocenters. The highest BCUT2D eigenvalue weighted by Gasteiger charge is 2.28. The van der Waals surface area contributed by atoms with E-state index < -0.39 is 12.4 Å². The Morgan fingerprint density at radius 1 is 1.19 bits per heavy atom. The van der Waals surface area contributed by atoms with Crippen molar-refractivity contribution >= 4 is 6.98 Å². The maximum Gasteiger partial charge on any atom is 0.506 e. The van der Waals surface area contributed by atoms with Crippen molar-refractivity contribution in [2.75, 3.05) is 13.6 Å². The Morgan fingerprint density at radius 3 is 2.12 bits per heavy atom. The van der Waals surface area contributed by atoms with Crippen LogP contribution in [0.1, 0.15) is 38.5 Å². The van der Waals surface area contributed by atoms with Crippen LogP contribution in [0.4, 0.5) is 12.9 Å². The number of halogens is 3. The molecule has 94 valence electrons. The predicted molar refractivity (Wildman–Crippen MR) is 62.3 cm³/mol. The Hall–Kier alpha value is -0.445. The minimum atomic E-state index is -4.87. The van der Waals surface area contributed by atoms with Crippen LogP contribution in [0, 0.1) is 0 Å². The van der Waals surface area contributed by atoms with Crippen LogP contribution < -0.4 is 0 Å². The maximum absolute atomic E-state index is 12.4. The third-order valence-corrected chi connectivity index (χ3v) is 3.36. The molecule has 5 heteroatoms. The number of hydrogen-bond acceptors (Lipinski definition) is 1. The molecule has 0 aromatic heterocycles. The van der Waals surface area contributed by atoms with Gasteiger partial charge in [-0.05, 0) is 26.4 Å². The molecule has 1 saturated carbocycles. The molecule has 0 unspecified atom stereocenters. The molecule has 16 heavy (non-hydrogen) atoms. The van der Waals surface area contributed by atoms with Crippen LogP contribution in [0.15, 0.2) is 12.1 Å². The van der Waals surface area contributed by atoms with Gasteiger partial charge in [-0.15, -0.1) is 12.1 Å². The fourth-order valence-electron chi connectivity index (χ4n) is 2.25. The summed E-state index contributed by atoms with van der Waals surface area (Å²) in [4.78, 5) is 1.82. The summed E-state index contributed by atoms with van der Waals surface area (Å²) in [5, 5.41) is 0. The first kappa shape index (κ1) is 13.6. The molecule has 0 saturated heterocycles. The molecule has 0 aromatic carbocycles. The highest BCUT2D eigenvalue weighted by atomic mass is 19.4. The molecule has 0 N–H and O–H groups in total. The molecule has 1 aliphatic carbocycles. The van der Waals surface area contributed by atoms with Crippen molar-refractivity contribution in [1.82, 2.24) is 4.90 Å². The summed E-state index contributed by atoms with van der Waals surface area (Å²) in [6.45, 7) is -1.76. The van der Waals surface area contributed by atoms with Crippen molar-refractivity contribution in [3.8, 4) is 0 Å². The van der Waals surface area contributed by atoms with E-state index in [2.05, 4.69) is 6.58 Å². The lowest BCUT2D eigenvalue weighted by atomic mass is 9.80. The molecule has 0 spiro atoms. The molecule has 0 heterocycles. The second-order valence-corrected chi connectivity index (χ2v) is 4.79. The molecule has 0 aromatic rings. The third kappa shape index (κ3) is 4.20. The summed E-state index contributed by atoms with van der Waals surface area (Å²) < 4.78 is 37.2. The zero-order valence-corrected chi connectivity index (χ0v) is 9.89. The average molecular weight is 234 g/mol. The van der Waals surface area contributed by atoms with Gasteiger partial charge in [0.05, 0.1) is 0 Å². The molecule has 1 rings (SSSR count). The minimum Gasteiger partial charge on any atom is -0.445 e. The Labute approximate surface area is 95.8 Å². The zero-order valence-electron chi connectivity index (χ0n) is 9.89. The van der Waals surface area contributed by atoms with Gasteiger partial charge in [0, 0.05) is 6.04 Å². The van der Waals surface area contributed by atoms with Crippen LogP contribution in [0.25, 0.3) is 0 Å². The number of rotatable bonds is 4. The van der Waals surface area contributed by atoms with Gasteiger partial charge in [-0.25, -0.2) is 0 Å². The van der Waals surface area contributed by atoms with Crippen LogP contribution in [-0.2, 0) is 0 Å². The first-order valence-corrected chi connectivity index (χ1v) is 5.99. The largest absolute Gasteiger partial charge is 0.506 e. The lowest BCUT2D eigenvalue weighted by molar-refractivity contribution is 0.238. The maximum atomic E-state index is 12.4.